The van der Waals surface area contributed by atoms with Crippen LogP contribution >= 0.6 is 0 Å². The first kappa shape index (κ1) is 17.0. The van der Waals surface area contributed by atoms with Crippen LogP contribution in [0.25, 0.3) is 10.9 Å². The Hall–Kier alpha value is -2.87. The van der Waals surface area contributed by atoms with Crippen LogP contribution in [0.2, 0.25) is 0 Å². The normalized spacial score (nSPS) is 17.0. The van der Waals surface area contributed by atoms with Crippen molar-refractivity contribution >= 4 is 16.8 Å². The van der Waals surface area contributed by atoms with Crippen molar-refractivity contribution in [3.8, 4) is 5.75 Å². The first-order valence-corrected chi connectivity index (χ1v) is 8.10. The van der Waals surface area contributed by atoms with E-state index in [4.69, 9.17) is 5.21 Å². The van der Waals surface area contributed by atoms with E-state index in [2.05, 4.69) is 29.2 Å². The molecule has 1 atom stereocenters. The Bertz CT molecular complexity index is 840. The van der Waals surface area contributed by atoms with E-state index in [1.165, 1.54) is 0 Å². The minimum absolute atomic E-state index is 0.0469. The number of nitrogens with one attached hydrogen (secondary N) is 2. The Morgan fingerprint density at radius 1 is 1.48 bits per heavy atom. The maximum absolute atomic E-state index is 11.1. The number of carbonyl (C=O) groups excluding carboxylic acids is 1. The van der Waals surface area contributed by atoms with E-state index in [1.54, 1.807) is 23.7 Å². The Morgan fingerprint density at radius 2 is 2.28 bits per heavy atom. The van der Waals surface area contributed by atoms with Gasteiger partial charge in [-0.1, -0.05) is 25.1 Å². The number of hydroxylamine groups is 1. The zero-order chi connectivity index (χ0) is 18.0. The molecule has 0 bridgehead atoms. The average Bonchev–Trinajstić information content (AvgIpc) is 3.20. The van der Waals surface area contributed by atoms with Crippen molar-refractivity contribution in [2.75, 3.05) is 6.54 Å². The summed E-state index contributed by atoms with van der Waals surface area (Å²) in [7, 11) is 0. The molecule has 0 fully saturated rings. The highest BCUT2D eigenvalue weighted by Crippen LogP contribution is 2.35. The summed E-state index contributed by atoms with van der Waals surface area (Å²) >= 11 is 0. The fraction of sp³-hybridized carbons (Fsp3) is 0.353. The van der Waals surface area contributed by atoms with E-state index in [-0.39, 0.29) is 24.1 Å². The van der Waals surface area contributed by atoms with E-state index in [0.717, 1.165) is 16.6 Å². The quantitative estimate of drug-likeness (QED) is 0.493. The molecular formula is C17H21N5O3. The number of phenolic OH excluding ortho intramolecular Hbond substituents is 1. The standard InChI is InChI=1S/C17H21N5O3/c1-10(2)17(14-8-12-13(18-14)4-3-5-15(12)23)22-9-11(19-21-22)6-7-16(24)20-25/h3-6,8,10,17-18,23,25H,7,9H2,1-2H3,(H,20,24)/b11-6-. The third-order valence-corrected chi connectivity index (χ3v) is 4.19. The molecule has 2 aromatic rings. The van der Waals surface area contributed by atoms with Crippen molar-refractivity contribution in [1.29, 1.82) is 0 Å². The summed E-state index contributed by atoms with van der Waals surface area (Å²) in [4.78, 5) is 14.5. The summed E-state index contributed by atoms with van der Waals surface area (Å²) in [5.74, 6) is -0.0111. The fourth-order valence-corrected chi connectivity index (χ4v) is 3.04. The first-order valence-electron chi connectivity index (χ1n) is 8.10. The molecule has 132 valence electrons. The highest BCUT2D eigenvalue weighted by molar-refractivity contribution is 5.86. The molecule has 1 amide bonds. The summed E-state index contributed by atoms with van der Waals surface area (Å²) in [6, 6.07) is 7.26. The lowest BCUT2D eigenvalue weighted by Crippen LogP contribution is -2.26. The van der Waals surface area contributed by atoms with E-state index in [1.807, 2.05) is 17.1 Å². The lowest BCUT2D eigenvalue weighted by molar-refractivity contribution is -0.128. The van der Waals surface area contributed by atoms with E-state index < -0.39 is 5.91 Å². The fourth-order valence-electron chi connectivity index (χ4n) is 3.04. The zero-order valence-electron chi connectivity index (χ0n) is 14.1. The number of aromatic hydroxyl groups is 1. The molecule has 8 heteroatoms. The van der Waals surface area contributed by atoms with Crippen molar-refractivity contribution in [2.24, 2.45) is 16.3 Å². The van der Waals surface area contributed by atoms with Gasteiger partial charge in [0.05, 0.1) is 18.3 Å². The van der Waals surface area contributed by atoms with Gasteiger partial charge in [-0.25, -0.2) is 5.48 Å². The van der Waals surface area contributed by atoms with Gasteiger partial charge in [0, 0.05) is 23.0 Å². The number of carbonyl (C=O) groups is 1. The largest absolute Gasteiger partial charge is 0.507 e. The molecule has 0 radical (unpaired) electrons. The number of fused-ring (bicyclic) bond motifs is 1. The van der Waals surface area contributed by atoms with Crippen LogP contribution in [0, 0.1) is 5.92 Å². The third-order valence-electron chi connectivity index (χ3n) is 4.19. The van der Waals surface area contributed by atoms with Crippen molar-refractivity contribution in [3.05, 3.63) is 41.7 Å². The van der Waals surface area contributed by atoms with Crippen molar-refractivity contribution in [3.63, 3.8) is 0 Å². The molecule has 1 aliphatic heterocycles. The monoisotopic (exact) mass is 343 g/mol. The third kappa shape index (κ3) is 3.48. The maximum Gasteiger partial charge on any atom is 0.247 e. The molecule has 0 saturated carbocycles. The topological polar surface area (TPSA) is 113 Å². The van der Waals surface area contributed by atoms with Crippen LogP contribution in [0.15, 0.2) is 46.4 Å². The highest BCUT2D eigenvalue weighted by Gasteiger charge is 2.28. The summed E-state index contributed by atoms with van der Waals surface area (Å²) in [5, 5.41) is 29.5. The molecule has 1 aromatic carbocycles. The smallest absolute Gasteiger partial charge is 0.247 e. The molecule has 1 aromatic heterocycles. The molecule has 0 saturated heterocycles. The summed E-state index contributed by atoms with van der Waals surface area (Å²) in [6.07, 6.45) is 1.69. The minimum atomic E-state index is -0.493. The van der Waals surface area contributed by atoms with Crippen LogP contribution < -0.4 is 5.48 Å². The minimum Gasteiger partial charge on any atom is -0.507 e. The Kier molecular flexibility index (Phi) is 4.71. The van der Waals surface area contributed by atoms with Crippen LogP contribution in [0.1, 0.15) is 32.0 Å². The summed E-state index contributed by atoms with van der Waals surface area (Å²) < 4.78 is 0. The number of aromatic nitrogens is 1. The van der Waals surface area contributed by atoms with Gasteiger partial charge < -0.3 is 10.1 Å². The summed E-state index contributed by atoms with van der Waals surface area (Å²) in [5.41, 5.74) is 4.08. The number of nitrogens with zero attached hydrogens (tertiary/aromatic N) is 3. The number of amides is 1. The van der Waals surface area contributed by atoms with Gasteiger partial charge in [-0.05, 0) is 30.2 Å². The predicted octanol–water partition coefficient (Wildman–Crippen LogP) is 3.03. The maximum atomic E-state index is 11.1. The molecule has 1 aliphatic rings. The van der Waals surface area contributed by atoms with Crippen LogP contribution in [-0.4, -0.2) is 32.8 Å². The molecule has 0 aliphatic carbocycles. The lowest BCUT2D eigenvalue weighted by Gasteiger charge is -2.27. The van der Waals surface area contributed by atoms with E-state index in [9.17, 15) is 9.90 Å². The predicted molar refractivity (Wildman–Crippen MR) is 91.7 cm³/mol. The second kappa shape index (κ2) is 6.94. The van der Waals surface area contributed by atoms with Crippen molar-refractivity contribution in [2.45, 2.75) is 26.3 Å². The van der Waals surface area contributed by atoms with Gasteiger partial charge >= 0.3 is 0 Å². The average molecular weight is 343 g/mol. The number of rotatable bonds is 5. The molecule has 4 N–H and O–H groups in total. The van der Waals surface area contributed by atoms with Crippen LogP contribution in [0.4, 0.5) is 0 Å². The molecule has 1 unspecified atom stereocenters. The Balaban J connectivity index is 1.83. The van der Waals surface area contributed by atoms with Gasteiger partial charge in [-0.15, -0.1) is 5.11 Å². The van der Waals surface area contributed by atoms with Gasteiger partial charge in [-0.2, -0.15) is 0 Å². The number of hydrogen-bond acceptors (Lipinski definition) is 6. The van der Waals surface area contributed by atoms with Gasteiger partial charge in [0.1, 0.15) is 5.75 Å². The molecule has 25 heavy (non-hydrogen) atoms. The van der Waals surface area contributed by atoms with Crippen molar-refractivity contribution in [1.82, 2.24) is 15.5 Å². The van der Waals surface area contributed by atoms with Crippen LogP contribution in [0.5, 0.6) is 5.75 Å². The highest BCUT2D eigenvalue weighted by atomic mass is 16.5. The number of hydrogen-bond donors (Lipinski definition) is 4. The molecule has 8 nitrogen and oxygen atoms in total. The van der Waals surface area contributed by atoms with E-state index >= 15 is 0 Å². The Morgan fingerprint density at radius 3 is 2.96 bits per heavy atom. The SMILES string of the molecule is CC(C)C(c1cc2c(O)cccc2[nH]1)N1C/C(=C/CC(=O)NO)N=N1. The zero-order valence-corrected chi connectivity index (χ0v) is 14.1. The Labute approximate surface area is 144 Å². The number of benzene rings is 1. The number of H-pyrrole nitrogens is 1. The lowest BCUT2D eigenvalue weighted by atomic mass is 10.00. The van der Waals surface area contributed by atoms with Crippen molar-refractivity contribution < 1.29 is 15.1 Å². The summed E-state index contributed by atoms with van der Waals surface area (Å²) in [6.45, 7) is 4.65. The van der Waals surface area contributed by atoms with E-state index in [0.29, 0.717) is 12.2 Å². The van der Waals surface area contributed by atoms with Crippen LogP contribution in [-0.2, 0) is 4.79 Å². The number of aromatic amines is 1. The van der Waals surface area contributed by atoms with Gasteiger partial charge in [0.15, 0.2) is 0 Å². The number of phenols is 1. The van der Waals surface area contributed by atoms with Gasteiger partial charge in [-0.3, -0.25) is 15.0 Å². The molecule has 2 heterocycles. The van der Waals surface area contributed by atoms with Gasteiger partial charge in [0.2, 0.25) is 5.91 Å². The van der Waals surface area contributed by atoms with Gasteiger partial charge in [0.25, 0.3) is 0 Å². The molecular weight excluding hydrogens is 322 g/mol. The molecule has 0 spiro atoms. The van der Waals surface area contributed by atoms with Crippen LogP contribution in [0.3, 0.4) is 0 Å². The second-order valence-electron chi connectivity index (χ2n) is 6.37. The second-order valence-corrected chi connectivity index (χ2v) is 6.37. The first-order chi connectivity index (χ1) is 12.0. The molecule has 3 rings (SSSR count).